The molecule has 1 heterocycles. The van der Waals surface area contributed by atoms with E-state index in [1.54, 1.807) is 12.4 Å². The van der Waals surface area contributed by atoms with E-state index in [0.717, 1.165) is 5.82 Å². The molecule has 0 aliphatic rings. The van der Waals surface area contributed by atoms with Crippen LogP contribution < -0.4 is 5.73 Å². The van der Waals surface area contributed by atoms with Crippen LogP contribution in [-0.4, -0.2) is 21.8 Å². The van der Waals surface area contributed by atoms with Crippen molar-refractivity contribution in [3.63, 3.8) is 0 Å². The summed E-state index contributed by atoms with van der Waals surface area (Å²) < 4.78 is 0. The van der Waals surface area contributed by atoms with Crippen LogP contribution in [0.4, 0.5) is 0 Å². The summed E-state index contributed by atoms with van der Waals surface area (Å²) in [6, 6.07) is -0.471. The molecule has 4 nitrogen and oxygen atoms in total. The van der Waals surface area contributed by atoms with Gasteiger partial charge in [-0.05, 0) is 0 Å². The van der Waals surface area contributed by atoms with Gasteiger partial charge in [-0.15, -0.1) is 0 Å². The van der Waals surface area contributed by atoms with Gasteiger partial charge in [0.15, 0.2) is 5.78 Å². The van der Waals surface area contributed by atoms with Gasteiger partial charge in [0.1, 0.15) is 5.82 Å². The molecule has 1 aromatic heterocycles. The van der Waals surface area contributed by atoms with Crippen molar-refractivity contribution < 1.29 is 7.65 Å². The third kappa shape index (κ3) is 4.57. The van der Waals surface area contributed by atoms with E-state index in [9.17, 15) is 4.79 Å². The number of aromatic amines is 1. The van der Waals surface area contributed by atoms with Crippen molar-refractivity contribution in [2.75, 3.05) is 0 Å². The molecule has 16 heavy (non-hydrogen) atoms. The summed E-state index contributed by atoms with van der Waals surface area (Å²) in [4.78, 5) is 18.7. The minimum absolute atomic E-state index is 0. The lowest BCUT2D eigenvalue weighted by atomic mass is 9.85. The number of nitrogens with two attached hydrogens (primary N) is 1. The van der Waals surface area contributed by atoms with E-state index in [4.69, 9.17) is 5.73 Å². The molecule has 0 aromatic carbocycles. The first-order chi connectivity index (χ1) is 7.41. The number of hydrogen-bond donors (Lipinski definition) is 2. The SMILES string of the molecule is CC.CC(C)(C)C(=O)[C@@H](N)Cc1ncc[nH]1.[HH].[HH]. The van der Waals surface area contributed by atoms with Crippen LogP contribution in [0.15, 0.2) is 12.4 Å². The summed E-state index contributed by atoms with van der Waals surface area (Å²) in [6.45, 7) is 9.62. The Morgan fingerprint density at radius 1 is 1.56 bits per heavy atom. The van der Waals surface area contributed by atoms with E-state index >= 15 is 0 Å². The molecule has 0 radical (unpaired) electrons. The van der Waals surface area contributed by atoms with Crippen molar-refractivity contribution in [2.45, 2.75) is 47.1 Å². The quantitative estimate of drug-likeness (QED) is 0.836. The number of imidazole rings is 1. The lowest BCUT2D eigenvalue weighted by molar-refractivity contribution is -0.127. The molecule has 96 valence electrons. The Bertz CT molecular complexity index is 308. The molecule has 0 spiro atoms. The van der Waals surface area contributed by atoms with E-state index in [2.05, 4.69) is 9.97 Å². The highest BCUT2D eigenvalue weighted by molar-refractivity contribution is 5.88. The van der Waals surface area contributed by atoms with Crippen LogP contribution >= 0.6 is 0 Å². The Morgan fingerprint density at radius 2 is 2.12 bits per heavy atom. The first-order valence-electron chi connectivity index (χ1n) is 5.69. The molecule has 0 bridgehead atoms. The molecule has 0 unspecified atom stereocenters. The maximum atomic E-state index is 11.7. The Balaban J connectivity index is -0.000000534. The summed E-state index contributed by atoms with van der Waals surface area (Å²) in [7, 11) is 0. The highest BCUT2D eigenvalue weighted by atomic mass is 16.1. The van der Waals surface area contributed by atoms with Gasteiger partial charge >= 0.3 is 0 Å². The lowest BCUT2D eigenvalue weighted by Crippen LogP contribution is -2.40. The smallest absolute Gasteiger partial charge is 0.155 e. The molecule has 4 heteroatoms. The molecular weight excluding hydrogens is 202 g/mol. The fourth-order valence-corrected chi connectivity index (χ4v) is 1.27. The van der Waals surface area contributed by atoms with Crippen molar-refractivity contribution in [1.29, 1.82) is 0 Å². The number of hydrogen-bond acceptors (Lipinski definition) is 3. The van der Waals surface area contributed by atoms with Crippen LogP contribution in [0.3, 0.4) is 0 Å². The first-order valence-corrected chi connectivity index (χ1v) is 5.69. The van der Waals surface area contributed by atoms with Gasteiger partial charge in [0.05, 0.1) is 6.04 Å². The van der Waals surface area contributed by atoms with E-state index in [-0.39, 0.29) is 14.1 Å². The van der Waals surface area contributed by atoms with E-state index in [0.29, 0.717) is 6.42 Å². The predicted molar refractivity (Wildman–Crippen MR) is 70.3 cm³/mol. The Morgan fingerprint density at radius 3 is 2.50 bits per heavy atom. The molecule has 1 aromatic rings. The molecular formula is C12H27N3O. The molecule has 3 N–H and O–H groups in total. The fraction of sp³-hybridized carbons (Fsp3) is 0.667. The highest BCUT2D eigenvalue weighted by Crippen LogP contribution is 2.17. The summed E-state index contributed by atoms with van der Waals surface area (Å²) >= 11 is 0. The summed E-state index contributed by atoms with van der Waals surface area (Å²) in [5.74, 6) is 0.823. The second-order valence-electron chi connectivity index (χ2n) is 4.46. The fourth-order valence-electron chi connectivity index (χ4n) is 1.27. The molecule has 0 saturated heterocycles. The zero-order chi connectivity index (χ0) is 12.8. The monoisotopic (exact) mass is 229 g/mol. The van der Waals surface area contributed by atoms with Crippen molar-refractivity contribution in [3.8, 4) is 0 Å². The first kappa shape index (κ1) is 14.8. The predicted octanol–water partition coefficient (Wildman–Crippen LogP) is 2.41. The average Bonchev–Trinajstić information content (AvgIpc) is 2.71. The molecule has 0 aliphatic heterocycles. The van der Waals surface area contributed by atoms with E-state index in [1.165, 1.54) is 0 Å². The van der Waals surface area contributed by atoms with E-state index in [1.807, 2.05) is 34.6 Å². The Labute approximate surface area is 101 Å². The van der Waals surface area contributed by atoms with Crippen molar-refractivity contribution in [2.24, 2.45) is 11.1 Å². The number of aromatic nitrogens is 2. The average molecular weight is 229 g/mol. The number of Topliss-reactive ketones (excluding diaryl/α,β-unsaturated/α-hetero) is 1. The number of H-pyrrole nitrogens is 1. The topological polar surface area (TPSA) is 71.8 Å². The third-order valence-corrected chi connectivity index (χ3v) is 2.04. The lowest BCUT2D eigenvalue weighted by Gasteiger charge is -2.20. The van der Waals surface area contributed by atoms with Crippen molar-refractivity contribution in [3.05, 3.63) is 18.2 Å². The molecule has 0 amide bonds. The van der Waals surface area contributed by atoms with Crippen LogP contribution in [-0.2, 0) is 11.2 Å². The second-order valence-corrected chi connectivity index (χ2v) is 4.46. The third-order valence-electron chi connectivity index (χ3n) is 2.04. The number of rotatable bonds is 3. The van der Waals surface area contributed by atoms with E-state index < -0.39 is 6.04 Å². The zero-order valence-corrected chi connectivity index (χ0v) is 10.9. The molecule has 0 saturated carbocycles. The van der Waals surface area contributed by atoms with Gasteiger partial charge in [-0.25, -0.2) is 4.98 Å². The van der Waals surface area contributed by atoms with Gasteiger partial charge < -0.3 is 10.7 Å². The van der Waals surface area contributed by atoms with Crippen LogP contribution in [0.2, 0.25) is 0 Å². The Hall–Kier alpha value is -1.16. The standard InChI is InChI=1S/C10H17N3O.C2H6.2H2/c1-10(2,3)9(14)7(11)6-8-12-4-5-13-8;1-2;;/h4-5,7H,6,11H2,1-3H3,(H,12,13);1-2H3;2*1H/t7-;;;/m0.../s1. The van der Waals surface area contributed by atoms with Crippen LogP contribution in [0.1, 0.15) is 43.3 Å². The van der Waals surface area contributed by atoms with Gasteiger partial charge in [0, 0.05) is 27.1 Å². The summed E-state index contributed by atoms with van der Waals surface area (Å²) in [5, 5.41) is 0. The van der Waals surface area contributed by atoms with Crippen molar-refractivity contribution in [1.82, 2.24) is 9.97 Å². The van der Waals surface area contributed by atoms with Crippen molar-refractivity contribution >= 4 is 5.78 Å². The largest absolute Gasteiger partial charge is 0.349 e. The minimum atomic E-state index is -0.471. The van der Waals surface area contributed by atoms with Gasteiger partial charge in [-0.3, -0.25) is 4.79 Å². The normalized spacial score (nSPS) is 12.6. The molecule has 0 fully saturated rings. The maximum Gasteiger partial charge on any atom is 0.155 e. The summed E-state index contributed by atoms with van der Waals surface area (Å²) in [5.41, 5.74) is 5.40. The van der Waals surface area contributed by atoms with Crippen LogP contribution in [0.25, 0.3) is 0 Å². The van der Waals surface area contributed by atoms with Crippen LogP contribution in [0, 0.1) is 5.41 Å². The second kappa shape index (κ2) is 6.43. The molecule has 1 atom stereocenters. The number of carbonyl (C=O) groups is 1. The number of carbonyl (C=O) groups excluding carboxylic acids is 1. The van der Waals surface area contributed by atoms with Crippen LogP contribution in [0.5, 0.6) is 0 Å². The number of nitrogens with one attached hydrogen (secondary N) is 1. The minimum Gasteiger partial charge on any atom is -0.349 e. The summed E-state index contributed by atoms with van der Waals surface area (Å²) in [6.07, 6.45) is 3.86. The molecule has 1 rings (SSSR count). The van der Waals surface area contributed by atoms with Gasteiger partial charge in [0.2, 0.25) is 0 Å². The van der Waals surface area contributed by atoms with Gasteiger partial charge in [0.25, 0.3) is 0 Å². The molecule has 0 aliphatic carbocycles. The zero-order valence-electron chi connectivity index (χ0n) is 10.9. The van der Waals surface area contributed by atoms with Gasteiger partial charge in [-0.2, -0.15) is 0 Å². The van der Waals surface area contributed by atoms with Gasteiger partial charge in [-0.1, -0.05) is 34.6 Å². The maximum absolute atomic E-state index is 11.7. The highest BCUT2D eigenvalue weighted by Gasteiger charge is 2.27. The number of ketones is 1. The number of nitrogens with zero attached hydrogens (tertiary/aromatic N) is 1. The Kier molecular flexibility index (Phi) is 5.96.